The van der Waals surface area contributed by atoms with E-state index >= 15 is 0 Å². The lowest BCUT2D eigenvalue weighted by Crippen LogP contribution is -2.15. The minimum absolute atomic E-state index is 0.273. The molecule has 0 saturated carbocycles. The Balaban J connectivity index is 2.82. The molecule has 0 unspecified atom stereocenters. The molecule has 0 bridgehead atoms. The van der Waals surface area contributed by atoms with Crippen molar-refractivity contribution in [1.29, 1.82) is 0 Å². The minimum Gasteiger partial charge on any atom is -0.490 e. The van der Waals surface area contributed by atoms with Gasteiger partial charge >= 0.3 is 0 Å². The second-order valence-electron chi connectivity index (χ2n) is 3.19. The molecule has 0 radical (unpaired) electrons. The Morgan fingerprint density at radius 2 is 2.27 bits per heavy atom. The van der Waals surface area contributed by atoms with Crippen LogP contribution in [-0.4, -0.2) is 26.7 Å². The summed E-state index contributed by atoms with van der Waals surface area (Å²) in [5, 5.41) is 4.24. The predicted molar refractivity (Wildman–Crippen MR) is 54.3 cm³/mol. The molecule has 0 aromatic carbocycles. The summed E-state index contributed by atoms with van der Waals surface area (Å²) in [6.45, 7) is 3.73. The third-order valence-electron chi connectivity index (χ3n) is 2.25. The van der Waals surface area contributed by atoms with E-state index < -0.39 is 0 Å². The van der Waals surface area contributed by atoms with E-state index in [1.165, 1.54) is 7.11 Å². The molecular formula is C9H12N4O2. The molecule has 6 nitrogen and oxygen atoms in total. The van der Waals surface area contributed by atoms with Gasteiger partial charge in [0.1, 0.15) is 0 Å². The molecule has 2 aromatic rings. The molecule has 0 spiro atoms. The van der Waals surface area contributed by atoms with Crippen LogP contribution in [0.25, 0.3) is 5.78 Å². The molecule has 6 heteroatoms. The van der Waals surface area contributed by atoms with Gasteiger partial charge in [0.2, 0.25) is 11.5 Å². The van der Waals surface area contributed by atoms with Crippen molar-refractivity contribution in [2.45, 2.75) is 20.3 Å². The van der Waals surface area contributed by atoms with Crippen molar-refractivity contribution >= 4 is 5.78 Å². The molecule has 15 heavy (non-hydrogen) atoms. The van der Waals surface area contributed by atoms with Gasteiger partial charge in [-0.05, 0) is 6.92 Å². The van der Waals surface area contributed by atoms with Crippen molar-refractivity contribution in [3.8, 4) is 5.75 Å². The maximum absolute atomic E-state index is 11.5. The summed E-state index contributed by atoms with van der Waals surface area (Å²) in [7, 11) is 1.46. The van der Waals surface area contributed by atoms with Crippen LogP contribution in [-0.2, 0) is 6.42 Å². The zero-order valence-corrected chi connectivity index (χ0v) is 8.87. The van der Waals surface area contributed by atoms with Crippen LogP contribution in [0.4, 0.5) is 0 Å². The average Bonchev–Trinajstić information content (AvgIpc) is 2.61. The smallest absolute Gasteiger partial charge is 0.295 e. The highest BCUT2D eigenvalue weighted by atomic mass is 16.5. The first-order chi connectivity index (χ1) is 7.17. The van der Waals surface area contributed by atoms with E-state index in [4.69, 9.17) is 4.74 Å². The second-order valence-corrected chi connectivity index (χ2v) is 3.19. The highest BCUT2D eigenvalue weighted by Crippen LogP contribution is 2.11. The zero-order valence-electron chi connectivity index (χ0n) is 8.87. The molecule has 80 valence electrons. The maximum Gasteiger partial charge on any atom is 0.295 e. The van der Waals surface area contributed by atoms with Crippen LogP contribution in [0.1, 0.15) is 18.4 Å². The fraction of sp³-hybridized carbons (Fsp3) is 0.444. The van der Waals surface area contributed by atoms with Crippen LogP contribution in [0.2, 0.25) is 0 Å². The molecule has 2 aromatic heterocycles. The lowest BCUT2D eigenvalue weighted by molar-refractivity contribution is 0.400. The summed E-state index contributed by atoms with van der Waals surface area (Å²) in [6, 6.07) is 0. The van der Waals surface area contributed by atoms with Crippen molar-refractivity contribution < 1.29 is 4.74 Å². The highest BCUT2D eigenvalue weighted by Gasteiger charge is 2.12. The van der Waals surface area contributed by atoms with Gasteiger partial charge in [0, 0.05) is 6.42 Å². The maximum atomic E-state index is 11.5. The van der Waals surface area contributed by atoms with Gasteiger partial charge in [0.05, 0.1) is 12.8 Å². The number of nitrogens with zero attached hydrogens (tertiary/aromatic N) is 3. The predicted octanol–water partition coefficient (Wildman–Crippen LogP) is 0.297. The summed E-state index contributed by atoms with van der Waals surface area (Å²) in [4.78, 5) is 18.3. The Bertz CT molecular complexity index is 555. The van der Waals surface area contributed by atoms with E-state index in [1.54, 1.807) is 11.4 Å². The van der Waals surface area contributed by atoms with E-state index in [0.29, 0.717) is 17.3 Å². The van der Waals surface area contributed by atoms with E-state index in [-0.39, 0.29) is 11.3 Å². The third kappa shape index (κ3) is 1.38. The number of methoxy groups -OCH3 is 1. The Kier molecular flexibility index (Phi) is 2.18. The number of nitrogens with one attached hydrogen (secondary N) is 1. The van der Waals surface area contributed by atoms with Gasteiger partial charge in [-0.25, -0.2) is 0 Å². The Labute approximate surface area is 85.9 Å². The normalized spacial score (nSPS) is 10.9. The van der Waals surface area contributed by atoms with Gasteiger partial charge in [-0.15, -0.1) is 5.10 Å². The molecule has 0 saturated heterocycles. The van der Waals surface area contributed by atoms with Crippen molar-refractivity contribution in [2.24, 2.45) is 0 Å². The largest absolute Gasteiger partial charge is 0.490 e. The molecule has 0 aliphatic carbocycles. The number of H-pyrrole nitrogens is 1. The Morgan fingerprint density at radius 1 is 1.53 bits per heavy atom. The number of rotatable bonds is 2. The SMILES string of the molecule is CCc1nc2[nH]c(=O)c(OC)c(C)n2n1. The fourth-order valence-electron chi connectivity index (χ4n) is 1.48. The first kappa shape index (κ1) is 9.70. The van der Waals surface area contributed by atoms with E-state index in [9.17, 15) is 4.79 Å². The van der Waals surface area contributed by atoms with Gasteiger partial charge in [0.15, 0.2) is 5.82 Å². The monoisotopic (exact) mass is 208 g/mol. The van der Waals surface area contributed by atoms with E-state index in [2.05, 4.69) is 15.1 Å². The lowest BCUT2D eigenvalue weighted by Gasteiger charge is -2.03. The summed E-state index contributed by atoms with van der Waals surface area (Å²) in [6.07, 6.45) is 0.728. The number of ether oxygens (including phenoxy) is 1. The van der Waals surface area contributed by atoms with Gasteiger partial charge in [-0.3, -0.25) is 9.78 Å². The fourth-order valence-corrected chi connectivity index (χ4v) is 1.48. The number of aryl methyl sites for hydroxylation is 2. The van der Waals surface area contributed by atoms with Crippen molar-refractivity contribution in [3.63, 3.8) is 0 Å². The second kappa shape index (κ2) is 3.38. The van der Waals surface area contributed by atoms with Crippen LogP contribution in [0.5, 0.6) is 5.75 Å². The van der Waals surface area contributed by atoms with Crippen molar-refractivity contribution in [3.05, 3.63) is 21.9 Å². The average molecular weight is 208 g/mol. The molecular weight excluding hydrogens is 196 g/mol. The summed E-state index contributed by atoms with van der Waals surface area (Å²) < 4.78 is 6.58. The van der Waals surface area contributed by atoms with Crippen molar-refractivity contribution in [2.75, 3.05) is 7.11 Å². The van der Waals surface area contributed by atoms with Crippen LogP contribution >= 0.6 is 0 Å². The zero-order chi connectivity index (χ0) is 11.0. The third-order valence-corrected chi connectivity index (χ3v) is 2.25. The molecule has 0 aliphatic heterocycles. The number of hydrogen-bond donors (Lipinski definition) is 1. The first-order valence-corrected chi connectivity index (χ1v) is 4.70. The first-order valence-electron chi connectivity index (χ1n) is 4.70. The molecule has 0 atom stereocenters. The van der Waals surface area contributed by atoms with Gasteiger partial charge < -0.3 is 4.74 Å². The minimum atomic E-state index is -0.280. The number of hydrogen-bond acceptors (Lipinski definition) is 4. The molecule has 0 aliphatic rings. The number of aromatic amines is 1. The number of fused-ring (bicyclic) bond motifs is 1. The standard InChI is InChI=1S/C9H12N4O2/c1-4-6-10-9-11-8(14)7(15-3)5(2)13(9)12-6/h4H2,1-3H3,(H,10,11,12,14). The van der Waals surface area contributed by atoms with E-state index in [1.807, 2.05) is 6.92 Å². The molecule has 0 amide bonds. The Morgan fingerprint density at radius 3 is 2.87 bits per heavy atom. The van der Waals surface area contributed by atoms with Crippen LogP contribution in [0.15, 0.2) is 4.79 Å². The summed E-state index contributed by atoms with van der Waals surface area (Å²) in [5.41, 5.74) is 0.376. The van der Waals surface area contributed by atoms with Crippen LogP contribution < -0.4 is 10.3 Å². The highest BCUT2D eigenvalue weighted by molar-refractivity contribution is 5.35. The van der Waals surface area contributed by atoms with Crippen molar-refractivity contribution in [1.82, 2.24) is 19.6 Å². The summed E-state index contributed by atoms with van der Waals surface area (Å²) >= 11 is 0. The molecule has 1 N–H and O–H groups in total. The van der Waals surface area contributed by atoms with Gasteiger partial charge in [-0.1, -0.05) is 6.92 Å². The Hall–Kier alpha value is -1.85. The van der Waals surface area contributed by atoms with E-state index in [0.717, 1.165) is 6.42 Å². The van der Waals surface area contributed by atoms with Crippen LogP contribution in [0.3, 0.4) is 0 Å². The molecule has 2 heterocycles. The topological polar surface area (TPSA) is 72.3 Å². The molecule has 2 rings (SSSR count). The van der Waals surface area contributed by atoms with Gasteiger partial charge in [-0.2, -0.15) is 9.50 Å². The van der Waals surface area contributed by atoms with Gasteiger partial charge in [0.25, 0.3) is 5.56 Å². The summed E-state index contributed by atoms with van der Waals surface area (Å²) in [5.74, 6) is 1.42. The molecule has 0 fully saturated rings. The quantitative estimate of drug-likeness (QED) is 0.770. The lowest BCUT2D eigenvalue weighted by atomic mass is 10.4. The number of aromatic nitrogens is 4. The van der Waals surface area contributed by atoms with Crippen LogP contribution in [0, 0.1) is 6.92 Å².